The molecule has 0 aliphatic carbocycles. The molecule has 5 aliphatic rings. The van der Waals surface area contributed by atoms with Gasteiger partial charge in [0.2, 0.25) is 0 Å². The van der Waals surface area contributed by atoms with Crippen molar-refractivity contribution in [3.8, 4) is 0 Å². The average molecular weight is 1230 g/mol. The van der Waals surface area contributed by atoms with Gasteiger partial charge >= 0.3 is 17.9 Å². The van der Waals surface area contributed by atoms with E-state index >= 15 is 0 Å². The highest BCUT2D eigenvalue weighted by Crippen LogP contribution is 2.38. The fourth-order valence-corrected chi connectivity index (χ4v) is 12.6. The molecule has 0 radical (unpaired) electrons. The van der Waals surface area contributed by atoms with E-state index in [9.17, 15) is 45.0 Å². The molecule has 0 amide bonds. The quantitative estimate of drug-likeness (QED) is 0.0208. The highest BCUT2D eigenvalue weighted by molar-refractivity contribution is 5.71. The summed E-state index contributed by atoms with van der Waals surface area (Å²) in [6, 6.07) is 0. The first-order valence-electron chi connectivity index (χ1n) is 34.4. The fraction of sp³-hybridized carbons (Fsp3) is 0.955. The van der Waals surface area contributed by atoms with Crippen molar-refractivity contribution < 1.29 is 97.1 Å². The molecule has 0 aromatic carbocycles. The van der Waals surface area contributed by atoms with Gasteiger partial charge in [-0.2, -0.15) is 0 Å². The number of aliphatic hydroxyl groups excluding tert-OH is 6. The number of hydrogen-bond donors (Lipinski definition) is 6. The number of carbonyl (C=O) groups is 3. The van der Waals surface area contributed by atoms with Gasteiger partial charge in [-0.05, 0) is 59.8 Å². The summed E-state index contributed by atoms with van der Waals surface area (Å²) in [7, 11) is 0. The molecule has 0 aromatic rings. The zero-order valence-electron chi connectivity index (χ0n) is 53.8. The Balaban J connectivity index is 1.28. The largest absolute Gasteiger partial charge is 0.457 e. The maximum Gasteiger partial charge on any atom is 0.306 e. The van der Waals surface area contributed by atoms with E-state index in [2.05, 4.69) is 20.8 Å². The second kappa shape index (κ2) is 41.4. The first-order chi connectivity index (χ1) is 41.5. The van der Waals surface area contributed by atoms with E-state index in [-0.39, 0.29) is 25.4 Å². The smallest absolute Gasteiger partial charge is 0.306 e. The van der Waals surface area contributed by atoms with Gasteiger partial charge in [0.05, 0.1) is 30.5 Å². The van der Waals surface area contributed by atoms with Crippen LogP contribution in [0.3, 0.4) is 0 Å². The van der Waals surface area contributed by atoms with Gasteiger partial charge in [-0.1, -0.05) is 194 Å². The van der Waals surface area contributed by atoms with Gasteiger partial charge in [-0.3, -0.25) is 14.4 Å². The molecule has 0 bridgehead atoms. The lowest BCUT2D eigenvalue weighted by atomic mass is 9.95. The van der Waals surface area contributed by atoms with Crippen molar-refractivity contribution in [2.24, 2.45) is 0 Å². The highest BCUT2D eigenvalue weighted by atomic mass is 16.8. The number of ether oxygens (including phenoxy) is 11. The van der Waals surface area contributed by atoms with Crippen LogP contribution in [-0.2, 0) is 66.5 Å². The van der Waals surface area contributed by atoms with Gasteiger partial charge in [-0.25, -0.2) is 0 Å². The third-order valence-electron chi connectivity index (χ3n) is 18.1. The molecule has 502 valence electrons. The third kappa shape index (κ3) is 24.8. The van der Waals surface area contributed by atoms with Crippen LogP contribution in [0.15, 0.2) is 0 Å². The Kier molecular flexibility index (Phi) is 35.9. The van der Waals surface area contributed by atoms with Crippen LogP contribution in [0.5, 0.6) is 0 Å². The van der Waals surface area contributed by atoms with Gasteiger partial charge in [0, 0.05) is 19.3 Å². The molecule has 20 heteroatoms. The molecule has 0 saturated carbocycles. The van der Waals surface area contributed by atoms with E-state index in [4.69, 9.17) is 52.1 Å². The lowest BCUT2D eigenvalue weighted by molar-refractivity contribution is -0.387. The van der Waals surface area contributed by atoms with Gasteiger partial charge in [0.15, 0.2) is 43.5 Å². The summed E-state index contributed by atoms with van der Waals surface area (Å²) in [6.07, 6.45) is 4.27. The van der Waals surface area contributed by atoms with Crippen molar-refractivity contribution in [1.82, 2.24) is 0 Å². The van der Waals surface area contributed by atoms with Crippen molar-refractivity contribution in [1.29, 1.82) is 0 Å². The zero-order valence-corrected chi connectivity index (χ0v) is 53.8. The van der Waals surface area contributed by atoms with E-state index in [0.29, 0.717) is 19.3 Å². The summed E-state index contributed by atoms with van der Waals surface area (Å²) in [6.45, 7) is 12.9. The molecule has 0 aromatic heterocycles. The zero-order chi connectivity index (χ0) is 62.4. The number of rotatable bonds is 32. The normalized spacial score (nSPS) is 36.2. The van der Waals surface area contributed by atoms with Crippen LogP contribution in [-0.4, -0.2) is 177 Å². The highest BCUT2D eigenvalue weighted by Gasteiger charge is 2.57. The number of esters is 3. The van der Waals surface area contributed by atoms with E-state index in [1.54, 1.807) is 27.7 Å². The predicted octanol–water partition coefficient (Wildman–Crippen LogP) is 10.1. The van der Waals surface area contributed by atoms with Gasteiger partial charge in [0.25, 0.3) is 0 Å². The van der Waals surface area contributed by atoms with E-state index in [0.717, 1.165) is 128 Å². The lowest BCUT2D eigenvalue weighted by Gasteiger charge is -2.49. The van der Waals surface area contributed by atoms with Crippen molar-refractivity contribution in [3.05, 3.63) is 0 Å². The first-order valence-corrected chi connectivity index (χ1v) is 34.4. The van der Waals surface area contributed by atoms with Crippen LogP contribution in [0.4, 0.5) is 0 Å². The van der Waals surface area contributed by atoms with Crippen molar-refractivity contribution >= 4 is 17.9 Å². The Morgan fingerprint density at radius 1 is 0.407 bits per heavy atom. The second-order valence-electron chi connectivity index (χ2n) is 25.6. The number of unbranched alkanes of at least 4 members (excludes halogenated alkanes) is 20. The molecule has 5 fully saturated rings. The van der Waals surface area contributed by atoms with Gasteiger partial charge in [-0.15, -0.1) is 0 Å². The molecule has 5 saturated heterocycles. The van der Waals surface area contributed by atoms with E-state index in [1.165, 1.54) is 57.8 Å². The lowest BCUT2D eigenvalue weighted by Crippen LogP contribution is -2.67. The average Bonchev–Trinajstić information content (AvgIpc) is 1.37. The molecule has 5 heterocycles. The Bertz CT molecular complexity index is 1830. The third-order valence-corrected chi connectivity index (χ3v) is 18.1. The van der Waals surface area contributed by atoms with E-state index in [1.807, 2.05) is 0 Å². The second-order valence-corrected chi connectivity index (χ2v) is 25.6. The monoisotopic (exact) mass is 1230 g/mol. The minimum atomic E-state index is -1.85. The van der Waals surface area contributed by atoms with Crippen LogP contribution in [0.2, 0.25) is 0 Å². The van der Waals surface area contributed by atoms with Crippen molar-refractivity contribution in [2.45, 2.75) is 402 Å². The molecule has 86 heavy (non-hydrogen) atoms. The van der Waals surface area contributed by atoms with Crippen LogP contribution < -0.4 is 0 Å². The SMILES string of the molecule is CCCCCCCCCCCCCCCC(=O)O[C@@H]1[C@@H](O)[C@@H](O)[C@H](O[C@@H]2[C@@H](O)[C@@H](O)[C@H](O[C@@H]3[C@@H](OC(=O)CCCCCCCCC)[C@H]4OC(=O)CCCCCCCCC[C@H](CCCCC)O[C@@H]5O[C@H](C)[C@H](O)[C@H](O)[C@H]5O[C@@H]4O[C@H]3C)O[C@H]2C)O[C@H]1C. The molecule has 21 atom stereocenters. The van der Waals surface area contributed by atoms with Crippen molar-refractivity contribution in [2.75, 3.05) is 0 Å². The molecule has 0 spiro atoms. The Hall–Kier alpha value is -2.15. The molecular weight excluding hydrogens is 1110 g/mol. The molecule has 0 unspecified atom stereocenters. The number of aliphatic hydroxyl groups is 6. The summed E-state index contributed by atoms with van der Waals surface area (Å²) < 4.78 is 69.2. The predicted molar refractivity (Wildman–Crippen MR) is 321 cm³/mol. The Morgan fingerprint density at radius 2 is 0.826 bits per heavy atom. The Morgan fingerprint density at radius 3 is 1.37 bits per heavy atom. The maximum absolute atomic E-state index is 14.1. The maximum atomic E-state index is 14.1. The summed E-state index contributed by atoms with van der Waals surface area (Å²) >= 11 is 0. The number of fused-ring (bicyclic) bond motifs is 2. The summed E-state index contributed by atoms with van der Waals surface area (Å²) in [5.74, 6) is -1.77. The number of hydrogen-bond acceptors (Lipinski definition) is 20. The summed E-state index contributed by atoms with van der Waals surface area (Å²) in [5, 5.41) is 69.3. The van der Waals surface area contributed by atoms with Gasteiger partial charge in [0.1, 0.15) is 54.9 Å². The van der Waals surface area contributed by atoms with Crippen molar-refractivity contribution in [3.63, 3.8) is 0 Å². The van der Waals surface area contributed by atoms with Crippen LogP contribution >= 0.6 is 0 Å². The van der Waals surface area contributed by atoms with E-state index < -0.39 is 141 Å². The summed E-state index contributed by atoms with van der Waals surface area (Å²) in [4.78, 5) is 41.1. The summed E-state index contributed by atoms with van der Waals surface area (Å²) in [5.41, 5.74) is 0. The standard InChI is InChI=1S/C66H118O20/c1-8-11-14-16-18-19-20-21-22-23-27-31-35-40-48(67)81-57-44(5)77-63(55(74)53(57)72)84-58-45(6)78-64(56(75)54(58)73)85-59-46(7)79-66-62(61(59)82-49(68)41-36-30-25-17-15-12-9-2)83-50(69)42-37-32-28-24-26-29-34-39-47(38-33-13-10-3)80-65-60(86-66)52(71)51(70)43(4)76-65/h43-47,51-66,70-75H,8-42H2,1-7H3/t43-,44+,45+,46+,47+,51+,52+,53+,54+,55-,56-,57+,58+,59+,60-,61-,62-,63+,64+,65+,66+/m1/s1. The minimum absolute atomic E-state index is 0.0232. The Labute approximate surface area is 515 Å². The molecule has 20 nitrogen and oxygen atoms in total. The first kappa shape index (κ1) is 74.6. The minimum Gasteiger partial charge on any atom is -0.457 e. The molecule has 5 aliphatic heterocycles. The molecule has 6 N–H and O–H groups in total. The number of carbonyl (C=O) groups excluding carboxylic acids is 3. The van der Waals surface area contributed by atoms with Crippen LogP contribution in [0.25, 0.3) is 0 Å². The van der Waals surface area contributed by atoms with Crippen LogP contribution in [0.1, 0.15) is 273 Å². The van der Waals surface area contributed by atoms with Gasteiger partial charge < -0.3 is 82.7 Å². The fourth-order valence-electron chi connectivity index (χ4n) is 12.6. The molecule has 5 rings (SSSR count). The topological polar surface area (TPSA) is 274 Å². The molecular formula is C66H118O20. The van der Waals surface area contributed by atoms with Crippen LogP contribution in [0, 0.1) is 0 Å².